The van der Waals surface area contributed by atoms with Crippen LogP contribution in [0.3, 0.4) is 0 Å². The summed E-state index contributed by atoms with van der Waals surface area (Å²) in [6.45, 7) is 3.94. The van der Waals surface area contributed by atoms with Crippen LogP contribution < -0.4 is 0 Å². The fourth-order valence-electron chi connectivity index (χ4n) is 1.79. The molecule has 0 atom stereocenters. The molecule has 0 bridgehead atoms. The molecular weight excluding hydrogens is 184 g/mol. The Morgan fingerprint density at radius 1 is 1.33 bits per heavy atom. The second-order valence-electron chi connectivity index (χ2n) is 4.16. The van der Waals surface area contributed by atoms with Crippen molar-refractivity contribution in [1.82, 2.24) is 4.90 Å². The summed E-state index contributed by atoms with van der Waals surface area (Å²) < 4.78 is 0. The summed E-state index contributed by atoms with van der Waals surface area (Å²) in [4.78, 5) is 2.17. The van der Waals surface area contributed by atoms with E-state index in [1.54, 1.807) is 0 Å². The highest BCUT2D eigenvalue weighted by atomic mass is 15.2. The number of nitrogens with zero attached hydrogens (tertiary/aromatic N) is 1. The third-order valence-electron chi connectivity index (χ3n) is 2.90. The van der Waals surface area contributed by atoms with E-state index in [-0.39, 0.29) is 0 Å². The van der Waals surface area contributed by atoms with Crippen molar-refractivity contribution in [1.29, 1.82) is 5.41 Å². The summed E-state index contributed by atoms with van der Waals surface area (Å²) >= 11 is 0. The Bertz CT molecular complexity index is 328. The molecule has 0 aliphatic heterocycles. The van der Waals surface area contributed by atoms with Gasteiger partial charge in [0.2, 0.25) is 0 Å². The number of benzene rings is 1. The van der Waals surface area contributed by atoms with Gasteiger partial charge in [-0.15, -0.1) is 0 Å². The Morgan fingerprint density at radius 3 is 2.53 bits per heavy atom. The monoisotopic (exact) mass is 202 g/mol. The minimum absolute atomic E-state index is 0.550. The van der Waals surface area contributed by atoms with Crippen molar-refractivity contribution >= 4 is 5.84 Å². The van der Waals surface area contributed by atoms with Gasteiger partial charge in [0.05, 0.1) is 5.84 Å². The molecule has 1 saturated carbocycles. The van der Waals surface area contributed by atoms with Crippen LogP contribution in [0.15, 0.2) is 30.3 Å². The first-order chi connectivity index (χ1) is 7.31. The third kappa shape index (κ3) is 2.58. The summed E-state index contributed by atoms with van der Waals surface area (Å²) in [5, 5.41) is 8.04. The van der Waals surface area contributed by atoms with Gasteiger partial charge in [0.25, 0.3) is 0 Å². The maximum atomic E-state index is 8.04. The molecule has 2 rings (SSSR count). The van der Waals surface area contributed by atoms with Crippen molar-refractivity contribution in [2.24, 2.45) is 5.92 Å². The van der Waals surface area contributed by atoms with Crippen molar-refractivity contribution in [3.8, 4) is 0 Å². The van der Waals surface area contributed by atoms with Crippen LogP contribution in [0.1, 0.15) is 25.3 Å². The predicted octanol–water partition coefficient (Wildman–Crippen LogP) is 2.90. The van der Waals surface area contributed by atoms with Crippen molar-refractivity contribution in [3.05, 3.63) is 35.9 Å². The van der Waals surface area contributed by atoms with E-state index in [1.807, 2.05) is 6.07 Å². The first-order valence-corrected chi connectivity index (χ1v) is 5.68. The molecule has 0 radical (unpaired) electrons. The first kappa shape index (κ1) is 10.2. The molecule has 0 heterocycles. The molecule has 1 N–H and O–H groups in total. The van der Waals surface area contributed by atoms with Crippen LogP contribution in [0.5, 0.6) is 0 Å². The molecule has 0 spiro atoms. The van der Waals surface area contributed by atoms with E-state index in [1.165, 1.54) is 18.4 Å². The molecule has 0 saturated heterocycles. The van der Waals surface area contributed by atoms with Crippen molar-refractivity contribution < 1.29 is 0 Å². The molecule has 1 aliphatic carbocycles. The second kappa shape index (κ2) is 4.47. The zero-order chi connectivity index (χ0) is 10.7. The fraction of sp³-hybridized carbons (Fsp3) is 0.462. The van der Waals surface area contributed by atoms with Gasteiger partial charge in [0.1, 0.15) is 0 Å². The van der Waals surface area contributed by atoms with E-state index in [4.69, 9.17) is 5.41 Å². The highest BCUT2D eigenvalue weighted by Gasteiger charge is 2.29. The van der Waals surface area contributed by atoms with Crippen molar-refractivity contribution in [2.75, 3.05) is 6.54 Å². The van der Waals surface area contributed by atoms with Crippen LogP contribution in [-0.4, -0.2) is 17.3 Å². The van der Waals surface area contributed by atoms with Gasteiger partial charge in [0, 0.05) is 19.0 Å². The Kier molecular flexibility index (Phi) is 3.05. The average Bonchev–Trinajstić information content (AvgIpc) is 3.10. The van der Waals surface area contributed by atoms with Gasteiger partial charge in [0.15, 0.2) is 0 Å². The largest absolute Gasteiger partial charge is 0.356 e. The van der Waals surface area contributed by atoms with Gasteiger partial charge in [-0.1, -0.05) is 30.3 Å². The zero-order valence-electron chi connectivity index (χ0n) is 9.24. The number of rotatable bonds is 4. The van der Waals surface area contributed by atoms with E-state index < -0.39 is 0 Å². The van der Waals surface area contributed by atoms with Gasteiger partial charge in [-0.3, -0.25) is 5.41 Å². The number of hydrogen-bond acceptors (Lipinski definition) is 1. The lowest BCUT2D eigenvalue weighted by molar-refractivity contribution is 0.420. The molecule has 1 fully saturated rings. The lowest BCUT2D eigenvalue weighted by Gasteiger charge is -2.23. The summed E-state index contributed by atoms with van der Waals surface area (Å²) in [5.41, 5.74) is 1.30. The van der Waals surface area contributed by atoms with Crippen LogP contribution in [-0.2, 0) is 6.54 Å². The quantitative estimate of drug-likeness (QED) is 0.590. The summed E-state index contributed by atoms with van der Waals surface area (Å²) in [6.07, 6.45) is 2.42. The standard InChI is InChI=1S/C13H18N2/c1-2-15(13(14)12-8-9-12)10-11-6-4-3-5-7-11/h3-7,12,14H,2,8-10H2,1H3. The lowest BCUT2D eigenvalue weighted by Crippen LogP contribution is -2.30. The smallest absolute Gasteiger partial charge is 0.0992 e. The Labute approximate surface area is 91.4 Å². The molecule has 0 unspecified atom stereocenters. The predicted molar refractivity (Wildman–Crippen MR) is 63.0 cm³/mol. The minimum atomic E-state index is 0.550. The molecule has 2 nitrogen and oxygen atoms in total. The molecule has 80 valence electrons. The number of amidine groups is 1. The van der Waals surface area contributed by atoms with Crippen LogP contribution in [0.2, 0.25) is 0 Å². The van der Waals surface area contributed by atoms with Gasteiger partial charge in [-0.05, 0) is 25.3 Å². The molecule has 0 amide bonds. The van der Waals surface area contributed by atoms with E-state index in [2.05, 4.69) is 36.1 Å². The second-order valence-corrected chi connectivity index (χ2v) is 4.16. The third-order valence-corrected chi connectivity index (χ3v) is 2.90. The number of nitrogens with one attached hydrogen (secondary N) is 1. The Hall–Kier alpha value is -1.31. The normalized spacial score (nSPS) is 15.0. The van der Waals surface area contributed by atoms with E-state index in [9.17, 15) is 0 Å². The van der Waals surface area contributed by atoms with E-state index >= 15 is 0 Å². The van der Waals surface area contributed by atoms with Gasteiger partial charge in [-0.25, -0.2) is 0 Å². The number of hydrogen-bond donors (Lipinski definition) is 1. The van der Waals surface area contributed by atoms with Crippen molar-refractivity contribution in [2.45, 2.75) is 26.3 Å². The zero-order valence-corrected chi connectivity index (χ0v) is 9.24. The van der Waals surface area contributed by atoms with Gasteiger partial charge < -0.3 is 4.90 Å². The van der Waals surface area contributed by atoms with Crippen molar-refractivity contribution in [3.63, 3.8) is 0 Å². The van der Waals surface area contributed by atoms with Crippen LogP contribution in [0.4, 0.5) is 0 Å². The summed E-state index contributed by atoms with van der Waals surface area (Å²) in [7, 11) is 0. The van der Waals surface area contributed by atoms with Crippen LogP contribution >= 0.6 is 0 Å². The molecular formula is C13H18N2. The molecule has 1 aromatic carbocycles. The molecule has 15 heavy (non-hydrogen) atoms. The average molecular weight is 202 g/mol. The molecule has 1 aromatic rings. The summed E-state index contributed by atoms with van der Waals surface area (Å²) in [5.74, 6) is 1.38. The van der Waals surface area contributed by atoms with E-state index in [0.29, 0.717) is 5.92 Å². The lowest BCUT2D eigenvalue weighted by atomic mass is 10.2. The highest BCUT2D eigenvalue weighted by Crippen LogP contribution is 2.31. The molecule has 0 aromatic heterocycles. The minimum Gasteiger partial charge on any atom is -0.356 e. The SMILES string of the molecule is CCN(Cc1ccccc1)C(=N)C1CC1. The Morgan fingerprint density at radius 2 is 2.00 bits per heavy atom. The van der Waals surface area contributed by atoms with E-state index in [0.717, 1.165) is 18.9 Å². The first-order valence-electron chi connectivity index (χ1n) is 5.68. The van der Waals surface area contributed by atoms with Gasteiger partial charge in [-0.2, -0.15) is 0 Å². The topological polar surface area (TPSA) is 27.1 Å². The molecule has 2 heteroatoms. The van der Waals surface area contributed by atoms with Crippen LogP contribution in [0.25, 0.3) is 0 Å². The maximum Gasteiger partial charge on any atom is 0.0992 e. The fourth-order valence-corrected chi connectivity index (χ4v) is 1.79. The summed E-state index contributed by atoms with van der Waals surface area (Å²) in [6, 6.07) is 10.4. The Balaban J connectivity index is 1.98. The highest BCUT2D eigenvalue weighted by molar-refractivity contribution is 5.83. The molecule has 1 aliphatic rings. The van der Waals surface area contributed by atoms with Gasteiger partial charge >= 0.3 is 0 Å². The van der Waals surface area contributed by atoms with Crippen LogP contribution in [0, 0.1) is 11.3 Å². The maximum absolute atomic E-state index is 8.04.